The molecule has 108 valence electrons. The molecule has 0 saturated carbocycles. The van der Waals surface area contributed by atoms with Crippen LogP contribution in [0.3, 0.4) is 0 Å². The Labute approximate surface area is 116 Å². The summed E-state index contributed by atoms with van der Waals surface area (Å²) in [5.41, 5.74) is 0.400. The van der Waals surface area contributed by atoms with Crippen molar-refractivity contribution in [3.05, 3.63) is 33.4 Å². The first kappa shape index (κ1) is 14.5. The summed E-state index contributed by atoms with van der Waals surface area (Å²) in [4.78, 5) is 34.6. The van der Waals surface area contributed by atoms with Gasteiger partial charge >= 0.3 is 5.63 Å². The first-order chi connectivity index (χ1) is 9.61. The van der Waals surface area contributed by atoms with E-state index in [1.807, 2.05) is 6.92 Å². The van der Waals surface area contributed by atoms with Crippen molar-refractivity contribution < 1.29 is 18.7 Å². The summed E-state index contributed by atoms with van der Waals surface area (Å²) in [5, 5.41) is 2.23. The van der Waals surface area contributed by atoms with E-state index in [-0.39, 0.29) is 12.2 Å². The first-order valence-corrected chi connectivity index (χ1v) is 6.69. The number of hydrogen-bond acceptors (Lipinski definition) is 5. The van der Waals surface area contributed by atoms with Gasteiger partial charge in [0.1, 0.15) is 5.76 Å². The van der Waals surface area contributed by atoms with Gasteiger partial charge in [0.15, 0.2) is 0 Å². The second-order valence-corrected chi connectivity index (χ2v) is 4.66. The Morgan fingerprint density at radius 1 is 1.30 bits per heavy atom. The van der Waals surface area contributed by atoms with Crippen LogP contribution in [0.25, 0.3) is 0 Å². The van der Waals surface area contributed by atoms with E-state index >= 15 is 0 Å². The number of aryl methyl sites for hydroxylation is 1. The zero-order valence-corrected chi connectivity index (χ0v) is 11.4. The SMILES string of the molecule is CCCOCCCc1cc(=O)oc2c1C(=O)NC(=O)C2. The molecule has 1 aromatic heterocycles. The molecule has 1 aliphatic rings. The Hall–Kier alpha value is -1.95. The summed E-state index contributed by atoms with van der Waals surface area (Å²) >= 11 is 0. The fourth-order valence-corrected chi connectivity index (χ4v) is 2.18. The van der Waals surface area contributed by atoms with Crippen LogP contribution < -0.4 is 10.9 Å². The molecule has 0 aliphatic carbocycles. The minimum atomic E-state index is -0.532. The highest BCUT2D eigenvalue weighted by molar-refractivity contribution is 6.09. The van der Waals surface area contributed by atoms with Crippen LogP contribution in [-0.2, 0) is 22.4 Å². The van der Waals surface area contributed by atoms with Gasteiger partial charge in [-0.05, 0) is 24.8 Å². The molecule has 0 atom stereocenters. The van der Waals surface area contributed by atoms with E-state index in [0.29, 0.717) is 37.2 Å². The Kier molecular flexibility index (Phi) is 4.68. The molecular formula is C14H17NO5. The summed E-state index contributed by atoms with van der Waals surface area (Å²) < 4.78 is 10.3. The molecule has 6 nitrogen and oxygen atoms in total. The van der Waals surface area contributed by atoms with Crippen molar-refractivity contribution in [3.8, 4) is 0 Å². The predicted octanol–water partition coefficient (Wildman–Crippen LogP) is 0.811. The van der Waals surface area contributed by atoms with E-state index < -0.39 is 17.4 Å². The molecule has 0 radical (unpaired) electrons. The fourth-order valence-electron chi connectivity index (χ4n) is 2.18. The molecule has 20 heavy (non-hydrogen) atoms. The monoisotopic (exact) mass is 279 g/mol. The van der Waals surface area contributed by atoms with Crippen molar-refractivity contribution in [3.63, 3.8) is 0 Å². The molecule has 1 N–H and O–H groups in total. The fraction of sp³-hybridized carbons (Fsp3) is 0.500. The van der Waals surface area contributed by atoms with E-state index in [1.54, 1.807) is 0 Å². The van der Waals surface area contributed by atoms with Crippen molar-refractivity contribution in [2.24, 2.45) is 0 Å². The highest BCUT2D eigenvalue weighted by Crippen LogP contribution is 2.18. The lowest BCUT2D eigenvalue weighted by molar-refractivity contribution is -0.120. The summed E-state index contributed by atoms with van der Waals surface area (Å²) in [5.74, 6) is -0.783. The third-order valence-electron chi connectivity index (χ3n) is 3.00. The Bertz CT molecular complexity index is 575. The number of amides is 2. The molecule has 2 rings (SSSR count). The highest BCUT2D eigenvalue weighted by atomic mass is 16.5. The molecule has 0 spiro atoms. The summed E-state index contributed by atoms with van der Waals surface area (Å²) in [6.07, 6.45) is 2.13. The number of ether oxygens (including phenoxy) is 1. The summed E-state index contributed by atoms with van der Waals surface area (Å²) in [6, 6.07) is 1.31. The quantitative estimate of drug-likeness (QED) is 0.615. The molecule has 6 heteroatoms. The molecular weight excluding hydrogens is 262 g/mol. The van der Waals surface area contributed by atoms with E-state index in [2.05, 4.69) is 5.32 Å². The lowest BCUT2D eigenvalue weighted by Crippen LogP contribution is -2.38. The zero-order valence-electron chi connectivity index (χ0n) is 11.4. The van der Waals surface area contributed by atoms with E-state index in [1.165, 1.54) is 6.07 Å². The Morgan fingerprint density at radius 3 is 2.85 bits per heavy atom. The normalized spacial score (nSPS) is 14.1. The second-order valence-electron chi connectivity index (χ2n) is 4.66. The van der Waals surface area contributed by atoms with Crippen molar-refractivity contribution in [1.29, 1.82) is 0 Å². The third kappa shape index (κ3) is 3.33. The third-order valence-corrected chi connectivity index (χ3v) is 3.00. The van der Waals surface area contributed by atoms with Gasteiger partial charge in [-0.1, -0.05) is 6.92 Å². The van der Waals surface area contributed by atoms with E-state index in [4.69, 9.17) is 9.15 Å². The van der Waals surface area contributed by atoms with Gasteiger partial charge in [-0.2, -0.15) is 0 Å². The van der Waals surface area contributed by atoms with Gasteiger partial charge in [-0.3, -0.25) is 14.9 Å². The van der Waals surface area contributed by atoms with Gasteiger partial charge < -0.3 is 9.15 Å². The molecule has 0 bridgehead atoms. The molecule has 1 aliphatic heterocycles. The van der Waals surface area contributed by atoms with Crippen molar-refractivity contribution in [1.82, 2.24) is 5.32 Å². The smallest absolute Gasteiger partial charge is 0.336 e. The number of carbonyl (C=O) groups is 2. The van der Waals surface area contributed by atoms with Crippen LogP contribution in [0.15, 0.2) is 15.3 Å². The average Bonchev–Trinajstić information content (AvgIpc) is 2.36. The van der Waals surface area contributed by atoms with Crippen LogP contribution in [0, 0.1) is 0 Å². The number of fused-ring (bicyclic) bond motifs is 1. The maximum atomic E-state index is 11.8. The lowest BCUT2D eigenvalue weighted by Gasteiger charge is -2.16. The maximum absolute atomic E-state index is 11.8. The minimum Gasteiger partial charge on any atom is -0.426 e. The van der Waals surface area contributed by atoms with Crippen molar-refractivity contribution in [2.75, 3.05) is 13.2 Å². The Balaban J connectivity index is 2.14. The van der Waals surface area contributed by atoms with Crippen LogP contribution in [0.5, 0.6) is 0 Å². The van der Waals surface area contributed by atoms with Gasteiger partial charge in [0, 0.05) is 19.3 Å². The molecule has 0 fully saturated rings. The second kappa shape index (κ2) is 6.47. The maximum Gasteiger partial charge on any atom is 0.336 e. The van der Waals surface area contributed by atoms with Gasteiger partial charge in [0.25, 0.3) is 5.91 Å². The highest BCUT2D eigenvalue weighted by Gasteiger charge is 2.27. The minimum absolute atomic E-state index is 0.0729. The molecule has 1 aromatic rings. The van der Waals surface area contributed by atoms with E-state index in [0.717, 1.165) is 6.42 Å². The van der Waals surface area contributed by atoms with Crippen LogP contribution in [0.2, 0.25) is 0 Å². The number of nitrogens with one attached hydrogen (secondary N) is 1. The van der Waals surface area contributed by atoms with Gasteiger partial charge in [0.2, 0.25) is 5.91 Å². The first-order valence-electron chi connectivity index (χ1n) is 6.69. The summed E-state index contributed by atoms with van der Waals surface area (Å²) in [6.45, 7) is 3.30. The lowest BCUT2D eigenvalue weighted by atomic mass is 9.98. The van der Waals surface area contributed by atoms with Crippen LogP contribution >= 0.6 is 0 Å². The number of rotatable bonds is 6. The predicted molar refractivity (Wildman–Crippen MR) is 70.6 cm³/mol. The molecule has 0 aromatic carbocycles. The Morgan fingerprint density at radius 2 is 2.10 bits per heavy atom. The number of hydrogen-bond donors (Lipinski definition) is 1. The van der Waals surface area contributed by atoms with Crippen LogP contribution in [-0.4, -0.2) is 25.0 Å². The number of imide groups is 1. The standard InChI is InChI=1S/C14H17NO5/c1-2-5-19-6-3-4-9-7-12(17)20-10-8-11(16)15-14(18)13(9)10/h7H,2-6,8H2,1H3,(H,15,16,18). The molecule has 0 saturated heterocycles. The van der Waals surface area contributed by atoms with E-state index in [9.17, 15) is 14.4 Å². The largest absolute Gasteiger partial charge is 0.426 e. The van der Waals surface area contributed by atoms with Crippen LogP contribution in [0.4, 0.5) is 0 Å². The van der Waals surface area contributed by atoms with Gasteiger partial charge in [0.05, 0.1) is 12.0 Å². The molecule has 2 heterocycles. The topological polar surface area (TPSA) is 85.6 Å². The van der Waals surface area contributed by atoms with Gasteiger partial charge in [-0.15, -0.1) is 0 Å². The van der Waals surface area contributed by atoms with Crippen LogP contribution in [0.1, 0.15) is 41.4 Å². The van der Waals surface area contributed by atoms with Crippen molar-refractivity contribution >= 4 is 11.8 Å². The average molecular weight is 279 g/mol. The molecule has 2 amide bonds. The number of carbonyl (C=O) groups excluding carboxylic acids is 2. The summed E-state index contributed by atoms with van der Waals surface area (Å²) in [7, 11) is 0. The van der Waals surface area contributed by atoms with Gasteiger partial charge in [-0.25, -0.2) is 4.79 Å². The molecule has 0 unspecified atom stereocenters. The zero-order chi connectivity index (χ0) is 14.5. The van der Waals surface area contributed by atoms with Crippen molar-refractivity contribution in [2.45, 2.75) is 32.6 Å².